The highest BCUT2D eigenvalue weighted by Gasteiger charge is 2.35. The number of benzene rings is 2. The van der Waals surface area contributed by atoms with Gasteiger partial charge in [0.25, 0.3) is 5.56 Å². The van der Waals surface area contributed by atoms with Gasteiger partial charge in [0.15, 0.2) is 11.5 Å². The molecular formula is C27H22ClF4N5O4. The van der Waals surface area contributed by atoms with E-state index in [4.69, 9.17) is 16.3 Å². The summed E-state index contributed by atoms with van der Waals surface area (Å²) in [6.07, 6.45) is -2.58. The molecule has 0 spiro atoms. The number of anilines is 1. The van der Waals surface area contributed by atoms with Gasteiger partial charge in [-0.3, -0.25) is 19.0 Å². The van der Waals surface area contributed by atoms with Gasteiger partial charge in [-0.2, -0.15) is 13.2 Å². The standard InChI is InChI=1S/C27H22ClF4N5O4/c1-4-21(26(40)33-16-6-7-17(14(2)38)20(29)10-16)36-12-23(41-3)19(11-25(36)39)18-9-15(28)5-8-22(18)37-13-24(34-35-37)27(30,31)32/h5-13,21H,4H2,1-3H3,(H,33,40)/t21-/m0/s1. The molecule has 1 atom stereocenters. The van der Waals surface area contributed by atoms with Gasteiger partial charge < -0.3 is 10.1 Å². The molecule has 2 aromatic carbocycles. The normalized spacial score (nSPS) is 12.2. The first-order valence-corrected chi connectivity index (χ1v) is 12.4. The summed E-state index contributed by atoms with van der Waals surface area (Å²) in [4.78, 5) is 37.9. The quantitative estimate of drug-likeness (QED) is 0.208. The summed E-state index contributed by atoms with van der Waals surface area (Å²) in [5.41, 5.74) is -1.37. The van der Waals surface area contributed by atoms with E-state index in [-0.39, 0.29) is 45.3 Å². The zero-order valence-electron chi connectivity index (χ0n) is 21.8. The largest absolute Gasteiger partial charge is 0.495 e. The number of aromatic nitrogens is 4. The number of hydrogen-bond donors (Lipinski definition) is 1. The average Bonchev–Trinajstić information content (AvgIpc) is 3.40. The fourth-order valence-corrected chi connectivity index (χ4v) is 4.37. The van der Waals surface area contributed by atoms with Crippen LogP contribution in [0.3, 0.4) is 0 Å². The van der Waals surface area contributed by atoms with E-state index in [1.54, 1.807) is 6.92 Å². The molecule has 0 fully saturated rings. The van der Waals surface area contributed by atoms with Gasteiger partial charge in [-0.15, -0.1) is 5.10 Å². The molecule has 2 aromatic heterocycles. The molecule has 9 nitrogen and oxygen atoms in total. The Hall–Kier alpha value is -4.52. The highest BCUT2D eigenvalue weighted by Crippen LogP contribution is 2.36. The number of pyridine rings is 1. The van der Waals surface area contributed by atoms with Crippen molar-refractivity contribution in [3.05, 3.63) is 87.3 Å². The zero-order chi connectivity index (χ0) is 30.1. The smallest absolute Gasteiger partial charge is 0.436 e. The number of nitrogens with zero attached hydrogens (tertiary/aromatic N) is 4. The first-order valence-electron chi connectivity index (χ1n) is 12.0. The Morgan fingerprint density at radius 2 is 1.83 bits per heavy atom. The van der Waals surface area contributed by atoms with Gasteiger partial charge in [0, 0.05) is 27.9 Å². The van der Waals surface area contributed by atoms with Gasteiger partial charge >= 0.3 is 6.18 Å². The van der Waals surface area contributed by atoms with Crippen LogP contribution in [0.2, 0.25) is 5.02 Å². The number of alkyl halides is 3. The minimum Gasteiger partial charge on any atom is -0.495 e. The van der Waals surface area contributed by atoms with Crippen molar-refractivity contribution in [2.45, 2.75) is 32.5 Å². The number of ketones is 1. The average molecular weight is 592 g/mol. The molecule has 0 bridgehead atoms. The van der Waals surface area contributed by atoms with Crippen LogP contribution in [0.15, 0.2) is 59.7 Å². The van der Waals surface area contributed by atoms with E-state index in [1.807, 2.05) is 0 Å². The van der Waals surface area contributed by atoms with Crippen LogP contribution in [0, 0.1) is 5.82 Å². The fourth-order valence-electron chi connectivity index (χ4n) is 4.19. The molecule has 41 heavy (non-hydrogen) atoms. The predicted molar refractivity (Wildman–Crippen MR) is 142 cm³/mol. The highest BCUT2D eigenvalue weighted by molar-refractivity contribution is 6.31. The maximum atomic E-state index is 14.2. The molecule has 2 heterocycles. The number of rotatable bonds is 8. The first kappa shape index (κ1) is 29.5. The summed E-state index contributed by atoms with van der Waals surface area (Å²) in [7, 11) is 1.31. The number of nitrogens with one attached hydrogen (secondary N) is 1. The van der Waals surface area contributed by atoms with Crippen LogP contribution in [0.1, 0.15) is 42.4 Å². The van der Waals surface area contributed by atoms with Crippen LogP contribution in [0.4, 0.5) is 23.2 Å². The lowest BCUT2D eigenvalue weighted by molar-refractivity contribution is -0.141. The maximum absolute atomic E-state index is 14.2. The van der Waals surface area contributed by atoms with E-state index in [0.717, 1.165) is 21.4 Å². The van der Waals surface area contributed by atoms with Gasteiger partial charge in [0.05, 0.1) is 30.8 Å². The lowest BCUT2D eigenvalue weighted by Gasteiger charge is -2.21. The molecule has 0 aliphatic heterocycles. The van der Waals surface area contributed by atoms with Crippen molar-refractivity contribution in [1.29, 1.82) is 0 Å². The molecule has 0 saturated carbocycles. The molecule has 214 valence electrons. The Morgan fingerprint density at radius 1 is 1.10 bits per heavy atom. The van der Waals surface area contributed by atoms with E-state index >= 15 is 0 Å². The SMILES string of the molecule is CC[C@@H](C(=O)Nc1ccc(C(C)=O)c(F)c1)n1cc(OC)c(-c2cc(Cl)ccc2-n2cc(C(F)(F)F)nn2)cc1=O. The summed E-state index contributed by atoms with van der Waals surface area (Å²) in [5, 5.41) is 9.51. The van der Waals surface area contributed by atoms with Crippen LogP contribution >= 0.6 is 11.6 Å². The number of amides is 1. The molecule has 1 amide bonds. The summed E-state index contributed by atoms with van der Waals surface area (Å²) in [5.74, 6) is -1.81. The third kappa shape index (κ3) is 6.14. The number of methoxy groups -OCH3 is 1. The highest BCUT2D eigenvalue weighted by atomic mass is 35.5. The van der Waals surface area contributed by atoms with Crippen LogP contribution in [-0.4, -0.2) is 38.4 Å². The van der Waals surface area contributed by atoms with Crippen molar-refractivity contribution in [3.63, 3.8) is 0 Å². The Morgan fingerprint density at radius 3 is 2.41 bits per heavy atom. The minimum atomic E-state index is -4.72. The maximum Gasteiger partial charge on any atom is 0.436 e. The summed E-state index contributed by atoms with van der Waals surface area (Å²) >= 11 is 6.18. The molecule has 4 rings (SSSR count). The van der Waals surface area contributed by atoms with Crippen molar-refractivity contribution in [3.8, 4) is 22.6 Å². The fraction of sp³-hybridized carbons (Fsp3) is 0.222. The second-order valence-corrected chi connectivity index (χ2v) is 9.31. The van der Waals surface area contributed by atoms with Crippen LogP contribution in [-0.2, 0) is 11.0 Å². The summed E-state index contributed by atoms with van der Waals surface area (Å²) in [6, 6.07) is 8.00. The third-order valence-electron chi connectivity index (χ3n) is 6.18. The van der Waals surface area contributed by atoms with E-state index in [1.165, 1.54) is 50.6 Å². The molecule has 0 radical (unpaired) electrons. The lowest BCUT2D eigenvalue weighted by Crippen LogP contribution is -2.32. The number of ether oxygens (including phenoxy) is 1. The van der Waals surface area contributed by atoms with E-state index in [0.29, 0.717) is 6.20 Å². The number of carbonyl (C=O) groups is 2. The Balaban J connectivity index is 1.74. The number of halogens is 5. The van der Waals surface area contributed by atoms with Gasteiger partial charge in [0.1, 0.15) is 17.6 Å². The molecule has 1 N–H and O–H groups in total. The minimum absolute atomic E-state index is 0.0854. The van der Waals surface area contributed by atoms with Crippen molar-refractivity contribution in [2.24, 2.45) is 0 Å². The summed E-state index contributed by atoms with van der Waals surface area (Å²) < 4.78 is 61.2. The summed E-state index contributed by atoms with van der Waals surface area (Å²) in [6.45, 7) is 2.87. The van der Waals surface area contributed by atoms with E-state index in [9.17, 15) is 31.9 Å². The Kier molecular flexibility index (Phi) is 8.29. The second kappa shape index (κ2) is 11.5. The van der Waals surface area contributed by atoms with Gasteiger partial charge in [-0.1, -0.05) is 23.7 Å². The molecule has 14 heteroatoms. The number of Topliss-reactive ketones (excluding diaryl/α,β-unsaturated/α-hetero) is 1. The van der Waals surface area contributed by atoms with Gasteiger partial charge in [0.2, 0.25) is 5.91 Å². The molecule has 0 aliphatic rings. The molecule has 4 aromatic rings. The van der Waals surface area contributed by atoms with Crippen LogP contribution < -0.4 is 15.6 Å². The van der Waals surface area contributed by atoms with Crippen molar-refractivity contribution < 1.29 is 31.9 Å². The zero-order valence-corrected chi connectivity index (χ0v) is 22.5. The topological polar surface area (TPSA) is 108 Å². The van der Waals surface area contributed by atoms with E-state index in [2.05, 4.69) is 15.6 Å². The van der Waals surface area contributed by atoms with Crippen LogP contribution in [0.5, 0.6) is 5.75 Å². The second-order valence-electron chi connectivity index (χ2n) is 8.87. The van der Waals surface area contributed by atoms with Gasteiger partial charge in [-0.25, -0.2) is 9.07 Å². The Labute approximate surface area is 235 Å². The number of carbonyl (C=O) groups excluding carboxylic acids is 2. The Bertz CT molecular complexity index is 1700. The molecular weight excluding hydrogens is 570 g/mol. The monoisotopic (exact) mass is 591 g/mol. The third-order valence-corrected chi connectivity index (χ3v) is 6.42. The molecule has 0 saturated heterocycles. The van der Waals surface area contributed by atoms with Crippen molar-refractivity contribution in [2.75, 3.05) is 12.4 Å². The van der Waals surface area contributed by atoms with Gasteiger partial charge in [-0.05, 0) is 49.7 Å². The number of hydrogen-bond acceptors (Lipinski definition) is 6. The van der Waals surface area contributed by atoms with Crippen LogP contribution in [0.25, 0.3) is 16.8 Å². The van der Waals surface area contributed by atoms with Crippen molar-refractivity contribution >= 4 is 29.0 Å². The first-order chi connectivity index (χ1) is 19.3. The molecule has 0 unspecified atom stereocenters. The predicted octanol–water partition coefficient (Wildman–Crippen LogP) is 5.71. The van der Waals surface area contributed by atoms with E-state index < -0.39 is 41.0 Å². The molecule has 0 aliphatic carbocycles. The van der Waals surface area contributed by atoms with Crippen molar-refractivity contribution in [1.82, 2.24) is 19.6 Å². The lowest BCUT2D eigenvalue weighted by atomic mass is 10.0.